The molecule has 2 N–H and O–H groups in total. The molecule has 0 spiro atoms. The number of halogens is 1. The number of carbonyl (C=O) groups is 1. The van der Waals surface area contributed by atoms with Gasteiger partial charge in [0.1, 0.15) is 0 Å². The van der Waals surface area contributed by atoms with E-state index in [2.05, 4.69) is 0 Å². The maximum atomic E-state index is 10.6. The first kappa shape index (κ1) is 10.2. The summed E-state index contributed by atoms with van der Waals surface area (Å²) in [6.45, 7) is 0.617. The third-order valence-corrected chi connectivity index (χ3v) is 1.37. The summed E-state index contributed by atoms with van der Waals surface area (Å²) in [7, 11) is 1.90. The van der Waals surface area contributed by atoms with Crippen LogP contribution in [0.4, 0.5) is 0 Å². The SMILES string of the molecule is Br.CN1C=CC=C(C(N)=O)C1. The number of hydrogen-bond donors (Lipinski definition) is 1. The third-order valence-electron chi connectivity index (χ3n) is 1.37. The number of nitrogens with two attached hydrogens (primary N) is 1. The lowest BCUT2D eigenvalue weighted by Gasteiger charge is -2.17. The van der Waals surface area contributed by atoms with Crippen molar-refractivity contribution in [2.24, 2.45) is 5.73 Å². The standard InChI is InChI=1S/C7H10N2O.BrH/c1-9-4-2-3-6(5-9)7(8)10;/h2-4H,5H2,1H3,(H2,8,10);1H. The first-order valence-electron chi connectivity index (χ1n) is 3.07. The first-order valence-corrected chi connectivity index (χ1v) is 3.07. The van der Waals surface area contributed by atoms with Gasteiger partial charge in [-0.25, -0.2) is 0 Å². The van der Waals surface area contributed by atoms with E-state index in [1.807, 2.05) is 24.2 Å². The Morgan fingerprint density at radius 1 is 1.73 bits per heavy atom. The minimum absolute atomic E-state index is 0. The number of hydrogen-bond acceptors (Lipinski definition) is 2. The van der Waals surface area contributed by atoms with E-state index in [1.54, 1.807) is 6.08 Å². The number of likely N-dealkylation sites (N-methyl/N-ethyl adjacent to an activating group) is 1. The van der Waals surface area contributed by atoms with Crippen molar-refractivity contribution >= 4 is 22.9 Å². The van der Waals surface area contributed by atoms with Gasteiger partial charge in [-0.3, -0.25) is 4.79 Å². The van der Waals surface area contributed by atoms with E-state index in [1.165, 1.54) is 0 Å². The second-order valence-corrected chi connectivity index (χ2v) is 2.31. The molecule has 0 aromatic heterocycles. The van der Waals surface area contributed by atoms with E-state index in [9.17, 15) is 4.79 Å². The maximum absolute atomic E-state index is 10.6. The van der Waals surface area contributed by atoms with Crippen LogP contribution in [0, 0.1) is 0 Å². The Balaban J connectivity index is 0.000001000. The molecule has 0 aliphatic carbocycles. The van der Waals surface area contributed by atoms with Crippen molar-refractivity contribution in [1.82, 2.24) is 4.90 Å². The molecule has 4 heteroatoms. The zero-order valence-corrected chi connectivity index (χ0v) is 7.99. The van der Waals surface area contributed by atoms with Crippen LogP contribution in [0.2, 0.25) is 0 Å². The van der Waals surface area contributed by atoms with Crippen LogP contribution < -0.4 is 5.73 Å². The molecule has 0 bridgehead atoms. The Labute approximate surface area is 76.3 Å². The van der Waals surface area contributed by atoms with Gasteiger partial charge < -0.3 is 10.6 Å². The lowest BCUT2D eigenvalue weighted by molar-refractivity contribution is -0.114. The molecule has 1 aliphatic heterocycles. The molecular formula is C7H11BrN2O. The summed E-state index contributed by atoms with van der Waals surface area (Å²) in [6.07, 6.45) is 5.44. The van der Waals surface area contributed by atoms with Crippen LogP contribution in [0.25, 0.3) is 0 Å². The molecule has 62 valence electrons. The average molecular weight is 219 g/mol. The first-order chi connectivity index (χ1) is 4.70. The summed E-state index contributed by atoms with van der Waals surface area (Å²) in [4.78, 5) is 12.5. The number of primary amides is 1. The van der Waals surface area contributed by atoms with Gasteiger partial charge in [0.05, 0.1) is 0 Å². The Bertz CT molecular complexity index is 210. The minimum Gasteiger partial charge on any atom is -0.376 e. The van der Waals surface area contributed by atoms with Gasteiger partial charge in [0.15, 0.2) is 0 Å². The van der Waals surface area contributed by atoms with Crippen LogP contribution in [0.3, 0.4) is 0 Å². The summed E-state index contributed by atoms with van der Waals surface area (Å²) in [5, 5.41) is 0. The topological polar surface area (TPSA) is 46.3 Å². The summed E-state index contributed by atoms with van der Waals surface area (Å²) in [5.41, 5.74) is 5.72. The molecule has 0 fully saturated rings. The van der Waals surface area contributed by atoms with Gasteiger partial charge >= 0.3 is 0 Å². The molecule has 0 unspecified atom stereocenters. The predicted molar refractivity (Wildman–Crippen MR) is 49.4 cm³/mol. The van der Waals surface area contributed by atoms with Gasteiger partial charge in [0, 0.05) is 19.2 Å². The Morgan fingerprint density at radius 2 is 2.36 bits per heavy atom. The molecule has 0 saturated carbocycles. The van der Waals surface area contributed by atoms with Crippen molar-refractivity contribution in [2.45, 2.75) is 0 Å². The minimum atomic E-state index is -0.337. The summed E-state index contributed by atoms with van der Waals surface area (Å²) < 4.78 is 0. The monoisotopic (exact) mass is 218 g/mol. The van der Waals surface area contributed by atoms with Gasteiger partial charge in [-0.2, -0.15) is 0 Å². The van der Waals surface area contributed by atoms with E-state index in [-0.39, 0.29) is 22.9 Å². The molecule has 1 aliphatic rings. The molecule has 1 amide bonds. The van der Waals surface area contributed by atoms with Crippen molar-refractivity contribution in [3.8, 4) is 0 Å². The number of allylic oxidation sites excluding steroid dienone is 2. The normalized spacial score (nSPS) is 15.4. The number of carbonyl (C=O) groups excluding carboxylic acids is 1. The van der Waals surface area contributed by atoms with Crippen molar-refractivity contribution in [1.29, 1.82) is 0 Å². The highest BCUT2D eigenvalue weighted by atomic mass is 79.9. The van der Waals surface area contributed by atoms with Gasteiger partial charge in [0.25, 0.3) is 0 Å². The zero-order valence-electron chi connectivity index (χ0n) is 6.28. The van der Waals surface area contributed by atoms with E-state index in [4.69, 9.17) is 5.73 Å². The molecule has 1 rings (SSSR count). The van der Waals surface area contributed by atoms with Gasteiger partial charge in [-0.1, -0.05) is 6.08 Å². The molecule has 0 radical (unpaired) electrons. The number of amides is 1. The van der Waals surface area contributed by atoms with Gasteiger partial charge in [-0.05, 0) is 12.3 Å². The highest BCUT2D eigenvalue weighted by Crippen LogP contribution is 2.03. The van der Waals surface area contributed by atoms with Crippen molar-refractivity contribution in [3.63, 3.8) is 0 Å². The molecule has 3 nitrogen and oxygen atoms in total. The largest absolute Gasteiger partial charge is 0.376 e. The fourth-order valence-corrected chi connectivity index (χ4v) is 0.840. The molecule has 0 atom stereocenters. The zero-order chi connectivity index (χ0) is 7.56. The average Bonchev–Trinajstić information content (AvgIpc) is 1.88. The fourth-order valence-electron chi connectivity index (χ4n) is 0.840. The summed E-state index contributed by atoms with van der Waals surface area (Å²) in [6, 6.07) is 0. The second-order valence-electron chi connectivity index (χ2n) is 2.31. The fraction of sp³-hybridized carbons (Fsp3) is 0.286. The molecule has 0 aromatic carbocycles. The Kier molecular flexibility index (Phi) is 3.89. The van der Waals surface area contributed by atoms with Crippen LogP contribution in [0.1, 0.15) is 0 Å². The molecule has 0 saturated heterocycles. The molecule has 1 heterocycles. The van der Waals surface area contributed by atoms with Crippen molar-refractivity contribution in [3.05, 3.63) is 23.9 Å². The number of rotatable bonds is 1. The Hall–Kier alpha value is -0.770. The van der Waals surface area contributed by atoms with Crippen molar-refractivity contribution in [2.75, 3.05) is 13.6 Å². The van der Waals surface area contributed by atoms with Crippen LogP contribution >= 0.6 is 17.0 Å². The van der Waals surface area contributed by atoms with Gasteiger partial charge in [-0.15, -0.1) is 17.0 Å². The number of nitrogens with zero attached hydrogens (tertiary/aromatic N) is 1. The smallest absolute Gasteiger partial charge is 0.246 e. The lowest BCUT2D eigenvalue weighted by atomic mass is 10.2. The lowest BCUT2D eigenvalue weighted by Crippen LogP contribution is -2.25. The summed E-state index contributed by atoms with van der Waals surface area (Å²) >= 11 is 0. The molecule has 11 heavy (non-hydrogen) atoms. The van der Waals surface area contributed by atoms with Crippen LogP contribution in [-0.2, 0) is 4.79 Å². The highest BCUT2D eigenvalue weighted by Gasteiger charge is 2.07. The molecular weight excluding hydrogens is 208 g/mol. The predicted octanol–water partition coefficient (Wildman–Crippen LogP) is 0.435. The van der Waals surface area contributed by atoms with E-state index >= 15 is 0 Å². The van der Waals surface area contributed by atoms with E-state index in [0.29, 0.717) is 12.1 Å². The summed E-state index contributed by atoms with van der Waals surface area (Å²) in [5.74, 6) is -0.337. The molecule has 0 aromatic rings. The van der Waals surface area contributed by atoms with Crippen LogP contribution in [0.5, 0.6) is 0 Å². The third kappa shape index (κ3) is 2.76. The highest BCUT2D eigenvalue weighted by molar-refractivity contribution is 8.93. The van der Waals surface area contributed by atoms with E-state index < -0.39 is 0 Å². The van der Waals surface area contributed by atoms with E-state index in [0.717, 1.165) is 0 Å². The van der Waals surface area contributed by atoms with Crippen molar-refractivity contribution < 1.29 is 4.79 Å². The quantitative estimate of drug-likeness (QED) is 0.695. The second kappa shape index (κ2) is 4.18. The Morgan fingerprint density at radius 3 is 2.73 bits per heavy atom. The van der Waals surface area contributed by atoms with Crippen LogP contribution in [0.15, 0.2) is 23.9 Å². The maximum Gasteiger partial charge on any atom is 0.246 e. The van der Waals surface area contributed by atoms with Gasteiger partial charge in [0.2, 0.25) is 5.91 Å². The van der Waals surface area contributed by atoms with Crippen LogP contribution in [-0.4, -0.2) is 24.4 Å².